The maximum Gasteiger partial charge on any atom is 0.410 e. The number of benzene rings is 3. The summed E-state index contributed by atoms with van der Waals surface area (Å²) < 4.78 is 10.8. The number of nitrogens with zero attached hydrogens (tertiary/aromatic N) is 1. The number of carbonyl (C=O) groups excluding carboxylic acids is 5. The molecule has 58 heavy (non-hydrogen) atoms. The first-order chi connectivity index (χ1) is 27.6. The van der Waals surface area contributed by atoms with Crippen LogP contribution in [0.15, 0.2) is 91.0 Å². The van der Waals surface area contributed by atoms with Crippen LogP contribution in [0.3, 0.4) is 0 Å². The van der Waals surface area contributed by atoms with Crippen LogP contribution in [0.1, 0.15) is 89.8 Å². The maximum absolute atomic E-state index is 14.1. The molecule has 3 N–H and O–H groups in total. The SMILES string of the molecule is CC(C)C[C@@H](NC(=O)[C@H](CC(=O)CN(CCc1ccccc1)C(=O)OC(C)(C)C)Cc1ccccc1)C(=O)C[C@H](CCCCNC(=O)OCc1ccccc1)C(=O)O. The lowest BCUT2D eigenvalue weighted by atomic mass is 9.89. The van der Waals surface area contributed by atoms with Crippen LogP contribution >= 0.6 is 0 Å². The van der Waals surface area contributed by atoms with Crippen molar-refractivity contribution in [2.24, 2.45) is 17.8 Å². The molecule has 0 radical (unpaired) electrons. The fourth-order valence-electron chi connectivity index (χ4n) is 6.39. The Labute approximate surface area is 343 Å². The van der Waals surface area contributed by atoms with Gasteiger partial charge in [0, 0.05) is 31.8 Å². The molecule has 0 aliphatic rings. The first-order valence-corrected chi connectivity index (χ1v) is 20.2. The molecule has 3 atom stereocenters. The van der Waals surface area contributed by atoms with Gasteiger partial charge in [0.1, 0.15) is 12.2 Å². The number of amides is 3. The molecule has 0 unspecified atom stereocenters. The van der Waals surface area contributed by atoms with E-state index in [1.54, 1.807) is 20.8 Å². The molecule has 0 saturated heterocycles. The molecule has 3 rings (SSSR count). The summed E-state index contributed by atoms with van der Waals surface area (Å²) >= 11 is 0. The summed E-state index contributed by atoms with van der Waals surface area (Å²) in [5.74, 6) is -4.22. The Morgan fingerprint density at radius 3 is 1.91 bits per heavy atom. The smallest absolute Gasteiger partial charge is 0.410 e. The van der Waals surface area contributed by atoms with E-state index in [9.17, 15) is 33.9 Å². The van der Waals surface area contributed by atoms with Gasteiger partial charge in [-0.15, -0.1) is 0 Å². The first-order valence-electron chi connectivity index (χ1n) is 20.2. The van der Waals surface area contributed by atoms with Gasteiger partial charge in [0.05, 0.1) is 18.5 Å². The number of carboxylic acid groups (broad SMARTS) is 1. The van der Waals surface area contributed by atoms with Gasteiger partial charge in [0.15, 0.2) is 11.6 Å². The zero-order chi connectivity index (χ0) is 42.5. The second kappa shape index (κ2) is 24.3. The Kier molecular flexibility index (Phi) is 19.6. The van der Waals surface area contributed by atoms with E-state index in [1.165, 1.54) is 4.90 Å². The molecule has 3 aromatic rings. The lowest BCUT2D eigenvalue weighted by Gasteiger charge is -2.28. The quantitative estimate of drug-likeness (QED) is 0.0774. The van der Waals surface area contributed by atoms with Crippen molar-refractivity contribution in [1.29, 1.82) is 0 Å². The standard InChI is InChI=1S/C46H61N3O9/c1-33(2)27-40(41(51)30-37(43(53)54)23-15-16-25-47-44(55)57-32-36-21-13-8-14-22-36)48-42(52)38(28-35-19-11-7-12-20-35)29-39(50)31-49(45(56)58-46(3,4)5)26-24-34-17-9-6-10-18-34/h6-14,17-22,33,37-38,40H,15-16,23-32H2,1-5H3,(H,47,55)(H,48,52)(H,53,54)/t37-,38-,40+/m0/s1. The molecule has 314 valence electrons. The lowest BCUT2D eigenvalue weighted by Crippen LogP contribution is -2.46. The fourth-order valence-corrected chi connectivity index (χ4v) is 6.39. The number of Topliss-reactive ketones (excluding diaryl/α,β-unsaturated/α-hetero) is 2. The van der Waals surface area contributed by atoms with Gasteiger partial charge in [-0.1, -0.05) is 111 Å². The van der Waals surface area contributed by atoms with E-state index >= 15 is 0 Å². The van der Waals surface area contributed by atoms with Gasteiger partial charge < -0.3 is 30.1 Å². The lowest BCUT2D eigenvalue weighted by molar-refractivity contribution is -0.144. The summed E-state index contributed by atoms with van der Waals surface area (Å²) in [7, 11) is 0. The monoisotopic (exact) mass is 799 g/mol. The number of carboxylic acids is 1. The third kappa shape index (κ3) is 18.6. The highest BCUT2D eigenvalue weighted by Crippen LogP contribution is 2.20. The van der Waals surface area contributed by atoms with E-state index in [0.29, 0.717) is 19.3 Å². The Hall–Kier alpha value is -5.52. The predicted molar refractivity (Wildman–Crippen MR) is 222 cm³/mol. The molecule has 0 saturated carbocycles. The molecule has 0 aliphatic heterocycles. The number of ketones is 2. The summed E-state index contributed by atoms with van der Waals surface area (Å²) in [6.45, 7) is 9.45. The number of rotatable bonds is 24. The van der Waals surface area contributed by atoms with E-state index in [-0.39, 0.29) is 70.0 Å². The van der Waals surface area contributed by atoms with Crippen LogP contribution in [0, 0.1) is 17.8 Å². The van der Waals surface area contributed by atoms with Gasteiger partial charge in [0.25, 0.3) is 0 Å². The van der Waals surface area contributed by atoms with Crippen molar-refractivity contribution in [3.05, 3.63) is 108 Å². The summed E-state index contributed by atoms with van der Waals surface area (Å²) in [6.07, 6.45) is 0.437. The van der Waals surface area contributed by atoms with Crippen LogP contribution in [-0.4, -0.2) is 76.9 Å². The number of alkyl carbamates (subject to hydrolysis) is 1. The van der Waals surface area contributed by atoms with Crippen molar-refractivity contribution >= 4 is 35.6 Å². The molecule has 3 amide bonds. The Balaban J connectivity index is 1.65. The Bertz CT molecular complexity index is 1740. The normalized spacial score (nSPS) is 12.8. The number of nitrogens with one attached hydrogen (secondary N) is 2. The van der Waals surface area contributed by atoms with Crippen LogP contribution in [0.2, 0.25) is 0 Å². The Morgan fingerprint density at radius 1 is 0.759 bits per heavy atom. The Morgan fingerprint density at radius 2 is 1.34 bits per heavy atom. The number of aliphatic carboxylic acids is 1. The van der Waals surface area contributed by atoms with Crippen molar-refractivity contribution in [3.8, 4) is 0 Å². The van der Waals surface area contributed by atoms with E-state index in [0.717, 1.165) is 16.7 Å². The third-order valence-corrected chi connectivity index (χ3v) is 9.37. The number of hydrogen-bond acceptors (Lipinski definition) is 8. The number of ether oxygens (including phenoxy) is 2. The van der Waals surface area contributed by atoms with Crippen molar-refractivity contribution in [3.63, 3.8) is 0 Å². The summed E-state index contributed by atoms with van der Waals surface area (Å²) in [4.78, 5) is 80.5. The van der Waals surface area contributed by atoms with Crippen molar-refractivity contribution < 1.29 is 43.3 Å². The zero-order valence-electron chi connectivity index (χ0n) is 34.6. The molecular formula is C46H61N3O9. The first kappa shape index (κ1) is 46.9. The van der Waals surface area contributed by atoms with E-state index in [1.807, 2.05) is 105 Å². The van der Waals surface area contributed by atoms with Gasteiger partial charge >= 0.3 is 18.2 Å². The largest absolute Gasteiger partial charge is 0.481 e. The highest BCUT2D eigenvalue weighted by atomic mass is 16.6. The maximum atomic E-state index is 14.1. The van der Waals surface area contributed by atoms with Crippen molar-refractivity contribution in [2.45, 2.75) is 104 Å². The average Bonchev–Trinajstić information content (AvgIpc) is 3.17. The van der Waals surface area contributed by atoms with E-state index in [2.05, 4.69) is 10.6 Å². The number of carbonyl (C=O) groups is 6. The van der Waals surface area contributed by atoms with E-state index in [4.69, 9.17) is 9.47 Å². The van der Waals surface area contributed by atoms with Crippen molar-refractivity contribution in [1.82, 2.24) is 15.5 Å². The summed E-state index contributed by atoms with van der Waals surface area (Å²) in [5.41, 5.74) is 1.88. The van der Waals surface area contributed by atoms with Gasteiger partial charge in [0.2, 0.25) is 5.91 Å². The summed E-state index contributed by atoms with van der Waals surface area (Å²) in [5, 5.41) is 15.6. The van der Waals surface area contributed by atoms with Crippen LogP contribution in [0.5, 0.6) is 0 Å². The summed E-state index contributed by atoms with van der Waals surface area (Å²) in [6, 6.07) is 27.1. The molecule has 3 aromatic carbocycles. The van der Waals surface area contributed by atoms with Gasteiger partial charge in [-0.25, -0.2) is 9.59 Å². The molecule has 12 heteroatoms. The molecule has 0 spiro atoms. The molecule has 0 aromatic heterocycles. The van der Waals surface area contributed by atoms with Crippen molar-refractivity contribution in [2.75, 3.05) is 19.6 Å². The topological polar surface area (TPSA) is 168 Å². The fraction of sp³-hybridized carbons (Fsp3) is 0.478. The molecule has 0 bridgehead atoms. The molecular weight excluding hydrogens is 739 g/mol. The second-order valence-corrected chi connectivity index (χ2v) is 16.1. The molecule has 0 heterocycles. The zero-order valence-corrected chi connectivity index (χ0v) is 34.6. The average molecular weight is 800 g/mol. The van der Waals surface area contributed by atoms with Crippen LogP contribution in [0.4, 0.5) is 9.59 Å². The van der Waals surface area contributed by atoms with Gasteiger partial charge in [-0.2, -0.15) is 0 Å². The van der Waals surface area contributed by atoms with Crippen LogP contribution in [-0.2, 0) is 48.1 Å². The minimum Gasteiger partial charge on any atom is -0.481 e. The number of hydrogen-bond donors (Lipinski definition) is 3. The highest BCUT2D eigenvalue weighted by molar-refractivity contribution is 5.94. The highest BCUT2D eigenvalue weighted by Gasteiger charge is 2.32. The van der Waals surface area contributed by atoms with E-state index < -0.39 is 53.3 Å². The van der Waals surface area contributed by atoms with Gasteiger partial charge in [-0.05, 0) is 75.5 Å². The molecule has 12 nitrogen and oxygen atoms in total. The van der Waals surface area contributed by atoms with Crippen LogP contribution < -0.4 is 10.6 Å². The molecule has 0 fully saturated rings. The molecule has 0 aliphatic carbocycles. The van der Waals surface area contributed by atoms with Gasteiger partial charge in [-0.3, -0.25) is 19.2 Å². The second-order valence-electron chi connectivity index (χ2n) is 16.1. The predicted octanol–water partition coefficient (Wildman–Crippen LogP) is 7.57. The third-order valence-electron chi connectivity index (χ3n) is 9.37. The minimum atomic E-state index is -1.12. The minimum absolute atomic E-state index is 0.00791. The van der Waals surface area contributed by atoms with Crippen LogP contribution in [0.25, 0.3) is 0 Å². The number of unbranched alkanes of at least 4 members (excludes halogenated alkanes) is 1.